The summed E-state index contributed by atoms with van der Waals surface area (Å²) in [4.78, 5) is 4.90. The average molecular weight is 217 g/mol. The third kappa shape index (κ3) is 1.89. The van der Waals surface area contributed by atoms with Gasteiger partial charge in [-0.3, -0.25) is 0 Å². The number of hydrogen-bond acceptors (Lipinski definition) is 1. The number of rotatable bonds is 0. The first kappa shape index (κ1) is 11.0. The van der Waals surface area contributed by atoms with Crippen LogP contribution in [0.5, 0.6) is 0 Å². The second-order valence-corrected chi connectivity index (χ2v) is 6.69. The summed E-state index contributed by atoms with van der Waals surface area (Å²) in [6.07, 6.45) is 8.63. The van der Waals surface area contributed by atoms with Gasteiger partial charge in [0.15, 0.2) is 0 Å². The fourth-order valence-electron chi connectivity index (χ4n) is 4.42. The molecule has 0 spiro atoms. The summed E-state index contributed by atoms with van der Waals surface area (Å²) < 4.78 is 0. The number of hydrogen-bond donors (Lipinski definition) is 0. The van der Waals surface area contributed by atoms with Crippen LogP contribution in [0.15, 0.2) is 4.90 Å². The molecule has 88 valence electrons. The first-order valence-corrected chi connectivity index (χ1v) is 7.27. The minimum atomic E-state index is 0.693. The van der Waals surface area contributed by atoms with E-state index in [0.717, 1.165) is 29.5 Å². The molecule has 1 aliphatic heterocycles. The summed E-state index contributed by atoms with van der Waals surface area (Å²) >= 11 is 0. The van der Waals surface area contributed by atoms with Crippen molar-refractivity contribution in [1.29, 1.82) is 0 Å². The maximum atomic E-state index is 4.90. The fourth-order valence-corrected chi connectivity index (χ4v) is 4.42. The van der Waals surface area contributed by atoms with Crippen LogP contribution >= 0.6 is 0 Å². The van der Waals surface area contributed by atoms with Crippen LogP contribution in [0.3, 0.4) is 0 Å². The van der Waals surface area contributed by atoms with E-state index in [4.69, 9.17) is 4.90 Å². The van der Waals surface area contributed by atoms with Gasteiger partial charge in [-0.1, -0.05) is 0 Å². The van der Waals surface area contributed by atoms with E-state index in [2.05, 4.69) is 20.9 Å². The van der Waals surface area contributed by atoms with E-state index >= 15 is 0 Å². The zero-order valence-electron chi connectivity index (χ0n) is 10.7. The van der Waals surface area contributed by atoms with E-state index in [1.54, 1.807) is 0 Å². The van der Waals surface area contributed by atoms with Crippen molar-refractivity contribution in [2.75, 3.05) is 0 Å². The Morgan fingerprint density at radius 2 is 1.56 bits per heavy atom. The normalized spacial score (nSPS) is 51.4. The summed E-state index contributed by atoms with van der Waals surface area (Å²) in [5, 5.41) is 0. The second-order valence-electron chi connectivity index (χ2n) is 6.69. The quantitative estimate of drug-likeness (QED) is 0.545. The van der Waals surface area contributed by atoms with Crippen LogP contribution < -0.4 is 0 Å². The molecule has 0 aromatic rings. The number of nitrogens with zero attached hydrogens (tertiary/aromatic N) is 1. The van der Waals surface area contributed by atoms with Gasteiger partial charge in [-0.2, -0.15) is 0 Å². The van der Waals surface area contributed by atoms with E-state index in [0.29, 0.717) is 6.04 Å². The molecule has 6 unspecified atom stereocenters. The SMILES string of the molecule is CC1CCC2C(B=NC3CC(C)CCC32)C1. The molecule has 0 bridgehead atoms. The number of fused-ring (bicyclic) bond motifs is 3. The third-order valence-corrected chi connectivity index (χ3v) is 5.37. The van der Waals surface area contributed by atoms with Gasteiger partial charge in [-0.05, 0) is 0 Å². The van der Waals surface area contributed by atoms with Crippen LogP contribution in [0.1, 0.15) is 52.4 Å². The average Bonchev–Trinajstić information content (AvgIpc) is 2.28. The Morgan fingerprint density at radius 1 is 0.875 bits per heavy atom. The molecule has 16 heavy (non-hydrogen) atoms. The van der Waals surface area contributed by atoms with Gasteiger partial charge in [0.1, 0.15) is 0 Å². The molecule has 6 atom stereocenters. The summed E-state index contributed by atoms with van der Waals surface area (Å²) in [6.45, 7) is 4.82. The van der Waals surface area contributed by atoms with E-state index in [1.165, 1.54) is 38.5 Å². The molecule has 1 nitrogen and oxygen atoms in total. The Labute approximate surface area is 100 Å². The monoisotopic (exact) mass is 217 g/mol. The zero-order valence-corrected chi connectivity index (χ0v) is 10.7. The van der Waals surface area contributed by atoms with E-state index in [1.807, 2.05) is 0 Å². The topological polar surface area (TPSA) is 12.4 Å². The molecule has 0 aromatic heterocycles. The van der Waals surface area contributed by atoms with E-state index in [9.17, 15) is 0 Å². The maximum absolute atomic E-state index is 4.90. The first-order valence-electron chi connectivity index (χ1n) is 7.27. The van der Waals surface area contributed by atoms with Crippen LogP contribution in [0, 0.1) is 23.7 Å². The van der Waals surface area contributed by atoms with Gasteiger partial charge in [0.2, 0.25) is 0 Å². The van der Waals surface area contributed by atoms with E-state index < -0.39 is 0 Å². The molecule has 0 N–H and O–H groups in total. The van der Waals surface area contributed by atoms with Gasteiger partial charge in [0, 0.05) is 0 Å². The molecule has 0 amide bonds. The molecule has 3 aliphatic rings. The predicted octanol–water partition coefficient (Wildman–Crippen LogP) is 3.92. The zero-order chi connectivity index (χ0) is 11.1. The Bertz CT molecular complexity index is 260. The Kier molecular flexibility index (Phi) is 2.93. The molecule has 1 heterocycles. The standard InChI is InChI=1S/C14H24BN/c1-9-3-5-11-12-6-4-10(2)8-14(12)16-15-13(11)7-9/h9-14H,3-8H2,1-2H3. The van der Waals surface area contributed by atoms with Crippen LogP contribution in [0.25, 0.3) is 0 Å². The molecule has 2 aliphatic carbocycles. The predicted molar refractivity (Wildman–Crippen MR) is 68.7 cm³/mol. The third-order valence-electron chi connectivity index (χ3n) is 5.37. The van der Waals surface area contributed by atoms with Crippen molar-refractivity contribution < 1.29 is 0 Å². The fraction of sp³-hybridized carbons (Fsp3) is 1.00. The summed E-state index contributed by atoms with van der Waals surface area (Å²) in [5.41, 5.74) is 0. The van der Waals surface area contributed by atoms with Crippen LogP contribution in [-0.2, 0) is 0 Å². The first-order chi connectivity index (χ1) is 7.74. The van der Waals surface area contributed by atoms with Crippen molar-refractivity contribution >= 4 is 7.07 Å². The van der Waals surface area contributed by atoms with Gasteiger partial charge in [-0.15, -0.1) is 0 Å². The molecule has 2 heteroatoms. The molecule has 0 radical (unpaired) electrons. The van der Waals surface area contributed by atoms with Gasteiger partial charge >= 0.3 is 99.9 Å². The summed E-state index contributed by atoms with van der Waals surface area (Å²) in [6, 6.07) is 0.693. The molecule has 2 saturated carbocycles. The molecule has 3 rings (SSSR count). The van der Waals surface area contributed by atoms with Gasteiger partial charge in [-0.25, -0.2) is 0 Å². The molecule has 0 aromatic carbocycles. The van der Waals surface area contributed by atoms with Crippen LogP contribution in [0.4, 0.5) is 0 Å². The molecule has 2 fully saturated rings. The van der Waals surface area contributed by atoms with Gasteiger partial charge in [0.05, 0.1) is 0 Å². The van der Waals surface area contributed by atoms with Crippen molar-refractivity contribution in [3.8, 4) is 0 Å². The van der Waals surface area contributed by atoms with Gasteiger partial charge < -0.3 is 0 Å². The molecular formula is C14H24BN. The molecular weight excluding hydrogens is 193 g/mol. The summed E-state index contributed by atoms with van der Waals surface area (Å²) in [7, 11) is 2.35. The van der Waals surface area contributed by atoms with Crippen molar-refractivity contribution in [2.45, 2.75) is 64.2 Å². The van der Waals surface area contributed by atoms with Crippen molar-refractivity contribution in [3.05, 3.63) is 0 Å². The van der Waals surface area contributed by atoms with Crippen molar-refractivity contribution in [2.24, 2.45) is 28.6 Å². The van der Waals surface area contributed by atoms with Crippen molar-refractivity contribution in [1.82, 2.24) is 0 Å². The van der Waals surface area contributed by atoms with Gasteiger partial charge in [0.25, 0.3) is 0 Å². The molecule has 0 saturated heterocycles. The Morgan fingerprint density at radius 3 is 2.38 bits per heavy atom. The Balaban J connectivity index is 1.78. The van der Waals surface area contributed by atoms with E-state index in [-0.39, 0.29) is 0 Å². The second kappa shape index (κ2) is 4.27. The minimum absolute atomic E-state index is 0.693. The van der Waals surface area contributed by atoms with Crippen LogP contribution in [0.2, 0.25) is 5.82 Å². The van der Waals surface area contributed by atoms with Crippen LogP contribution in [-0.4, -0.2) is 13.1 Å². The van der Waals surface area contributed by atoms with Crippen molar-refractivity contribution in [3.63, 3.8) is 0 Å². The Hall–Kier alpha value is -0.135. The summed E-state index contributed by atoms with van der Waals surface area (Å²) in [5.74, 6) is 4.62.